The summed E-state index contributed by atoms with van der Waals surface area (Å²) in [6.45, 7) is 4.39. The minimum atomic E-state index is 0.775. The molecule has 0 aliphatic heterocycles. The predicted molar refractivity (Wildman–Crippen MR) is 89.4 cm³/mol. The summed E-state index contributed by atoms with van der Waals surface area (Å²) in [6, 6.07) is 11.9. The summed E-state index contributed by atoms with van der Waals surface area (Å²) in [4.78, 5) is 0. The van der Waals surface area contributed by atoms with Gasteiger partial charge >= 0.3 is 0 Å². The molecule has 0 amide bonds. The standard InChI is InChI=1S/C17H24N2S/c1-2-20-11-5-10-19-16(13-18-15-8-9-15)12-14-6-3-4-7-17(14)19/h3-4,6-7,12,15,18H,2,5,8-11,13H2,1H3. The zero-order chi connectivity index (χ0) is 13.8. The van der Waals surface area contributed by atoms with Crippen molar-refractivity contribution in [3.05, 3.63) is 36.0 Å². The van der Waals surface area contributed by atoms with E-state index in [9.17, 15) is 0 Å². The lowest BCUT2D eigenvalue weighted by Gasteiger charge is -2.11. The molecule has 2 nitrogen and oxygen atoms in total. The normalized spacial score (nSPS) is 15.1. The van der Waals surface area contributed by atoms with E-state index in [1.54, 1.807) is 0 Å². The minimum absolute atomic E-state index is 0.775. The summed E-state index contributed by atoms with van der Waals surface area (Å²) in [6.07, 6.45) is 3.97. The van der Waals surface area contributed by atoms with E-state index in [0.29, 0.717) is 0 Å². The van der Waals surface area contributed by atoms with Crippen LogP contribution < -0.4 is 5.32 Å². The highest BCUT2D eigenvalue weighted by atomic mass is 32.2. The van der Waals surface area contributed by atoms with Gasteiger partial charge in [-0.15, -0.1) is 0 Å². The zero-order valence-electron chi connectivity index (χ0n) is 12.3. The third-order valence-electron chi connectivity index (χ3n) is 3.92. The first kappa shape index (κ1) is 14.0. The zero-order valence-corrected chi connectivity index (χ0v) is 13.1. The van der Waals surface area contributed by atoms with Crippen LogP contribution >= 0.6 is 11.8 Å². The van der Waals surface area contributed by atoms with Gasteiger partial charge in [0.05, 0.1) is 0 Å². The quantitative estimate of drug-likeness (QED) is 0.738. The molecule has 20 heavy (non-hydrogen) atoms. The van der Waals surface area contributed by atoms with Crippen molar-refractivity contribution < 1.29 is 0 Å². The second kappa shape index (κ2) is 6.68. The Morgan fingerprint density at radius 3 is 2.95 bits per heavy atom. The number of aromatic nitrogens is 1. The van der Waals surface area contributed by atoms with E-state index in [1.807, 2.05) is 11.8 Å². The van der Waals surface area contributed by atoms with Crippen LogP contribution in [0.3, 0.4) is 0 Å². The number of para-hydroxylation sites is 1. The van der Waals surface area contributed by atoms with Gasteiger partial charge in [0, 0.05) is 30.3 Å². The van der Waals surface area contributed by atoms with Crippen LogP contribution in [0.1, 0.15) is 31.9 Å². The molecule has 1 N–H and O–H groups in total. The van der Waals surface area contributed by atoms with Crippen molar-refractivity contribution in [2.24, 2.45) is 0 Å². The number of fused-ring (bicyclic) bond motifs is 1. The van der Waals surface area contributed by atoms with Gasteiger partial charge in [0.25, 0.3) is 0 Å². The molecule has 1 aromatic carbocycles. The monoisotopic (exact) mass is 288 g/mol. The molecule has 0 saturated heterocycles. The molecule has 1 heterocycles. The molecule has 1 aromatic heterocycles. The Balaban J connectivity index is 1.75. The summed E-state index contributed by atoms with van der Waals surface area (Å²) in [5.41, 5.74) is 2.83. The van der Waals surface area contributed by atoms with E-state index in [2.05, 4.69) is 47.1 Å². The van der Waals surface area contributed by atoms with Crippen LogP contribution in [0.5, 0.6) is 0 Å². The maximum atomic E-state index is 3.65. The van der Waals surface area contributed by atoms with Crippen molar-refractivity contribution in [3.8, 4) is 0 Å². The van der Waals surface area contributed by atoms with Crippen molar-refractivity contribution in [2.75, 3.05) is 11.5 Å². The number of thioether (sulfide) groups is 1. The first-order valence-electron chi connectivity index (χ1n) is 7.76. The van der Waals surface area contributed by atoms with E-state index in [0.717, 1.165) is 19.1 Å². The molecular formula is C17H24N2S. The lowest BCUT2D eigenvalue weighted by Crippen LogP contribution is -2.18. The van der Waals surface area contributed by atoms with Crippen molar-refractivity contribution in [1.82, 2.24) is 9.88 Å². The first-order chi connectivity index (χ1) is 9.88. The van der Waals surface area contributed by atoms with Crippen LogP contribution in [0.4, 0.5) is 0 Å². The molecule has 0 spiro atoms. The van der Waals surface area contributed by atoms with E-state index in [-0.39, 0.29) is 0 Å². The fraction of sp³-hybridized carbons (Fsp3) is 0.529. The summed E-state index contributed by atoms with van der Waals surface area (Å²) in [7, 11) is 0. The van der Waals surface area contributed by atoms with Crippen molar-refractivity contribution in [1.29, 1.82) is 0 Å². The van der Waals surface area contributed by atoms with Crippen LogP contribution in [0, 0.1) is 0 Å². The Labute approximate surface area is 125 Å². The molecule has 1 saturated carbocycles. The van der Waals surface area contributed by atoms with Crippen molar-refractivity contribution in [2.45, 2.75) is 45.3 Å². The van der Waals surface area contributed by atoms with Gasteiger partial charge in [-0.1, -0.05) is 25.1 Å². The molecule has 2 aromatic rings. The topological polar surface area (TPSA) is 17.0 Å². The minimum Gasteiger partial charge on any atom is -0.343 e. The maximum absolute atomic E-state index is 3.65. The Kier molecular flexibility index (Phi) is 4.69. The number of rotatable bonds is 8. The fourth-order valence-electron chi connectivity index (χ4n) is 2.68. The van der Waals surface area contributed by atoms with Crippen molar-refractivity contribution >= 4 is 22.7 Å². The summed E-state index contributed by atoms with van der Waals surface area (Å²) in [5.74, 6) is 2.49. The highest BCUT2D eigenvalue weighted by molar-refractivity contribution is 7.99. The third-order valence-corrected chi connectivity index (χ3v) is 4.91. The average Bonchev–Trinajstić information content (AvgIpc) is 3.23. The molecule has 0 bridgehead atoms. The lowest BCUT2D eigenvalue weighted by molar-refractivity contribution is 0.613. The second-order valence-electron chi connectivity index (χ2n) is 5.55. The Morgan fingerprint density at radius 1 is 1.30 bits per heavy atom. The molecule has 0 radical (unpaired) electrons. The van der Waals surface area contributed by atoms with Gasteiger partial charge in [-0.3, -0.25) is 0 Å². The van der Waals surface area contributed by atoms with Gasteiger partial charge in [-0.05, 0) is 48.3 Å². The Morgan fingerprint density at radius 2 is 2.15 bits per heavy atom. The molecule has 0 unspecified atom stereocenters. The SMILES string of the molecule is CCSCCCn1c(CNC2CC2)cc2ccccc21. The molecule has 1 aliphatic carbocycles. The van der Waals surface area contributed by atoms with Crippen LogP contribution in [-0.4, -0.2) is 22.1 Å². The highest BCUT2D eigenvalue weighted by Gasteiger charge is 2.20. The lowest BCUT2D eigenvalue weighted by atomic mass is 10.2. The summed E-state index contributed by atoms with van der Waals surface area (Å²) >= 11 is 2.04. The van der Waals surface area contributed by atoms with Crippen LogP contribution in [-0.2, 0) is 13.1 Å². The van der Waals surface area contributed by atoms with Gasteiger partial charge in [0.2, 0.25) is 0 Å². The molecule has 108 valence electrons. The fourth-order valence-corrected chi connectivity index (χ4v) is 3.31. The second-order valence-corrected chi connectivity index (χ2v) is 6.95. The summed E-state index contributed by atoms with van der Waals surface area (Å²) in [5, 5.41) is 5.03. The number of hydrogen-bond donors (Lipinski definition) is 1. The Hall–Kier alpha value is -0.930. The van der Waals surface area contributed by atoms with Crippen LogP contribution in [0.15, 0.2) is 30.3 Å². The third kappa shape index (κ3) is 3.39. The maximum Gasteiger partial charge on any atom is 0.0482 e. The molecule has 3 heteroatoms. The van der Waals surface area contributed by atoms with E-state index in [1.165, 1.54) is 47.4 Å². The first-order valence-corrected chi connectivity index (χ1v) is 8.92. The van der Waals surface area contributed by atoms with Gasteiger partial charge in [0.15, 0.2) is 0 Å². The number of hydrogen-bond acceptors (Lipinski definition) is 2. The van der Waals surface area contributed by atoms with Gasteiger partial charge in [0.1, 0.15) is 0 Å². The van der Waals surface area contributed by atoms with Gasteiger partial charge < -0.3 is 9.88 Å². The highest BCUT2D eigenvalue weighted by Crippen LogP contribution is 2.23. The number of nitrogens with one attached hydrogen (secondary N) is 1. The van der Waals surface area contributed by atoms with Crippen molar-refractivity contribution in [3.63, 3.8) is 0 Å². The molecular weight excluding hydrogens is 264 g/mol. The molecule has 0 atom stereocenters. The predicted octanol–water partition coefficient (Wildman–Crippen LogP) is 4.04. The number of nitrogens with zero attached hydrogens (tertiary/aromatic N) is 1. The molecule has 1 aliphatic rings. The van der Waals surface area contributed by atoms with Crippen LogP contribution in [0.25, 0.3) is 10.9 Å². The average molecular weight is 288 g/mol. The van der Waals surface area contributed by atoms with Gasteiger partial charge in [-0.25, -0.2) is 0 Å². The van der Waals surface area contributed by atoms with E-state index in [4.69, 9.17) is 0 Å². The van der Waals surface area contributed by atoms with E-state index < -0.39 is 0 Å². The van der Waals surface area contributed by atoms with E-state index >= 15 is 0 Å². The van der Waals surface area contributed by atoms with Gasteiger partial charge in [-0.2, -0.15) is 11.8 Å². The largest absolute Gasteiger partial charge is 0.343 e. The number of aryl methyl sites for hydroxylation is 1. The molecule has 1 fully saturated rings. The molecule has 3 rings (SSSR count). The smallest absolute Gasteiger partial charge is 0.0482 e. The number of benzene rings is 1. The Bertz CT molecular complexity index is 557. The summed E-state index contributed by atoms with van der Waals surface area (Å²) < 4.78 is 2.51. The van der Waals surface area contributed by atoms with Crippen LogP contribution in [0.2, 0.25) is 0 Å².